The maximum Gasteiger partial charge on any atom is 0.0194 e. The molecule has 1 atom stereocenters. The second-order valence-corrected chi connectivity index (χ2v) is 6.48. The van der Waals surface area contributed by atoms with Gasteiger partial charge < -0.3 is 10.2 Å². The number of piperidine rings is 1. The van der Waals surface area contributed by atoms with Crippen LogP contribution in [0.15, 0.2) is 30.3 Å². The lowest BCUT2D eigenvalue weighted by Crippen LogP contribution is -2.44. The first-order valence-electron chi connectivity index (χ1n) is 8.81. The van der Waals surface area contributed by atoms with Crippen molar-refractivity contribution >= 4 is 0 Å². The molecular weight excluding hydrogens is 256 g/mol. The van der Waals surface area contributed by atoms with E-state index in [4.69, 9.17) is 0 Å². The Morgan fingerprint density at radius 1 is 1.14 bits per heavy atom. The monoisotopic (exact) mass is 288 g/mol. The van der Waals surface area contributed by atoms with Crippen LogP contribution >= 0.6 is 0 Å². The summed E-state index contributed by atoms with van der Waals surface area (Å²) >= 11 is 0. The van der Waals surface area contributed by atoms with Gasteiger partial charge in [-0.3, -0.25) is 0 Å². The van der Waals surface area contributed by atoms with Crippen LogP contribution in [0.5, 0.6) is 0 Å². The Morgan fingerprint density at radius 3 is 2.48 bits per heavy atom. The van der Waals surface area contributed by atoms with Crippen LogP contribution in [0.2, 0.25) is 0 Å². The van der Waals surface area contributed by atoms with Crippen molar-refractivity contribution < 1.29 is 0 Å². The fraction of sp³-hybridized carbons (Fsp3) is 0.684. The molecule has 0 aliphatic carbocycles. The largest absolute Gasteiger partial charge is 0.313 e. The van der Waals surface area contributed by atoms with Gasteiger partial charge in [-0.05, 0) is 56.8 Å². The number of nitrogens with one attached hydrogen (secondary N) is 1. The Hall–Kier alpha value is -0.860. The van der Waals surface area contributed by atoms with E-state index in [2.05, 4.69) is 54.4 Å². The number of benzene rings is 1. The molecule has 1 saturated heterocycles. The summed E-state index contributed by atoms with van der Waals surface area (Å²) in [5.41, 5.74) is 1.51. The number of nitrogens with zero attached hydrogens (tertiary/aromatic N) is 1. The Kier molecular flexibility index (Phi) is 7.25. The molecule has 1 unspecified atom stereocenters. The van der Waals surface area contributed by atoms with Crippen molar-refractivity contribution in [1.82, 2.24) is 10.2 Å². The van der Waals surface area contributed by atoms with Gasteiger partial charge in [0.1, 0.15) is 0 Å². The Labute approximate surface area is 130 Å². The van der Waals surface area contributed by atoms with Gasteiger partial charge in [0.25, 0.3) is 0 Å². The maximum atomic E-state index is 3.64. The first-order valence-corrected chi connectivity index (χ1v) is 8.81. The highest BCUT2D eigenvalue weighted by molar-refractivity contribution is 5.15. The smallest absolute Gasteiger partial charge is 0.0194 e. The van der Waals surface area contributed by atoms with E-state index in [0.717, 1.165) is 12.5 Å². The summed E-state index contributed by atoms with van der Waals surface area (Å²) in [5.74, 6) is 0.882. The molecule has 2 rings (SSSR count). The lowest BCUT2D eigenvalue weighted by Gasteiger charge is -2.34. The third-order valence-corrected chi connectivity index (χ3v) is 4.68. The van der Waals surface area contributed by atoms with E-state index in [9.17, 15) is 0 Å². The van der Waals surface area contributed by atoms with Crippen LogP contribution < -0.4 is 5.32 Å². The average Bonchev–Trinajstić information content (AvgIpc) is 2.51. The predicted octanol–water partition coefficient (Wildman–Crippen LogP) is 3.72. The van der Waals surface area contributed by atoms with Gasteiger partial charge in [0, 0.05) is 12.6 Å². The highest BCUT2D eigenvalue weighted by Gasteiger charge is 2.21. The van der Waals surface area contributed by atoms with Crippen LogP contribution in [0.4, 0.5) is 0 Å². The molecule has 0 spiro atoms. The molecule has 1 aliphatic rings. The van der Waals surface area contributed by atoms with Crippen LogP contribution in [-0.4, -0.2) is 37.1 Å². The molecule has 2 nitrogen and oxygen atoms in total. The van der Waals surface area contributed by atoms with Crippen molar-refractivity contribution in [3.05, 3.63) is 35.9 Å². The SMILES string of the molecule is CCCC(CN1CCC(Cc2ccccc2)CC1)NCC. The second kappa shape index (κ2) is 9.22. The van der Waals surface area contributed by atoms with Crippen LogP contribution in [0.1, 0.15) is 45.1 Å². The van der Waals surface area contributed by atoms with E-state index in [0.29, 0.717) is 6.04 Å². The molecule has 118 valence electrons. The van der Waals surface area contributed by atoms with Gasteiger partial charge in [-0.15, -0.1) is 0 Å². The number of hydrogen-bond donors (Lipinski definition) is 1. The van der Waals surface area contributed by atoms with Gasteiger partial charge in [-0.2, -0.15) is 0 Å². The molecule has 2 heteroatoms. The fourth-order valence-electron chi connectivity index (χ4n) is 3.53. The van der Waals surface area contributed by atoms with Crippen molar-refractivity contribution in [3.8, 4) is 0 Å². The van der Waals surface area contributed by atoms with Crippen molar-refractivity contribution in [2.45, 2.75) is 52.0 Å². The molecule has 1 aromatic carbocycles. The van der Waals surface area contributed by atoms with Crippen molar-refractivity contribution in [3.63, 3.8) is 0 Å². The Morgan fingerprint density at radius 2 is 1.86 bits per heavy atom. The van der Waals surface area contributed by atoms with E-state index < -0.39 is 0 Å². The van der Waals surface area contributed by atoms with Crippen LogP contribution in [0, 0.1) is 5.92 Å². The predicted molar refractivity (Wildman–Crippen MR) is 91.7 cm³/mol. The average molecular weight is 288 g/mol. The summed E-state index contributed by atoms with van der Waals surface area (Å²) in [5, 5.41) is 3.64. The minimum Gasteiger partial charge on any atom is -0.313 e. The highest BCUT2D eigenvalue weighted by Crippen LogP contribution is 2.22. The lowest BCUT2D eigenvalue weighted by atomic mass is 9.90. The maximum absolute atomic E-state index is 3.64. The molecule has 21 heavy (non-hydrogen) atoms. The summed E-state index contributed by atoms with van der Waals surface area (Å²) in [7, 11) is 0. The van der Waals surface area contributed by atoms with Gasteiger partial charge in [0.2, 0.25) is 0 Å². The zero-order chi connectivity index (χ0) is 14.9. The second-order valence-electron chi connectivity index (χ2n) is 6.48. The van der Waals surface area contributed by atoms with E-state index in [1.165, 1.54) is 57.3 Å². The molecule has 0 amide bonds. The van der Waals surface area contributed by atoms with Crippen LogP contribution in [0.25, 0.3) is 0 Å². The highest BCUT2D eigenvalue weighted by atomic mass is 15.2. The van der Waals surface area contributed by atoms with Crippen molar-refractivity contribution in [1.29, 1.82) is 0 Å². The van der Waals surface area contributed by atoms with Gasteiger partial charge in [-0.1, -0.05) is 50.6 Å². The fourth-order valence-corrected chi connectivity index (χ4v) is 3.53. The van der Waals surface area contributed by atoms with Gasteiger partial charge in [0.05, 0.1) is 0 Å². The van der Waals surface area contributed by atoms with Gasteiger partial charge in [-0.25, -0.2) is 0 Å². The standard InChI is InChI=1S/C19H32N2/c1-3-8-19(20-4-2)16-21-13-11-18(12-14-21)15-17-9-6-5-7-10-17/h5-7,9-10,18-20H,3-4,8,11-16H2,1-2H3. The lowest BCUT2D eigenvalue weighted by molar-refractivity contribution is 0.165. The summed E-state index contributed by atoms with van der Waals surface area (Å²) < 4.78 is 0. The Balaban J connectivity index is 1.72. The topological polar surface area (TPSA) is 15.3 Å². The Bertz CT molecular complexity index is 362. The first-order chi connectivity index (χ1) is 10.3. The minimum absolute atomic E-state index is 0.686. The summed E-state index contributed by atoms with van der Waals surface area (Å²) in [6, 6.07) is 11.7. The first kappa shape index (κ1) is 16.5. The molecule has 0 aromatic heterocycles. The quantitative estimate of drug-likeness (QED) is 0.784. The number of likely N-dealkylation sites (N-methyl/N-ethyl adjacent to an activating group) is 1. The van der Waals surface area contributed by atoms with Crippen LogP contribution in [-0.2, 0) is 6.42 Å². The molecule has 1 aromatic rings. The van der Waals surface area contributed by atoms with E-state index in [1.54, 1.807) is 0 Å². The van der Waals surface area contributed by atoms with E-state index in [-0.39, 0.29) is 0 Å². The zero-order valence-electron chi connectivity index (χ0n) is 13.9. The molecule has 1 heterocycles. The molecular formula is C19H32N2. The number of hydrogen-bond acceptors (Lipinski definition) is 2. The summed E-state index contributed by atoms with van der Waals surface area (Å²) in [4.78, 5) is 2.67. The molecule has 0 radical (unpaired) electrons. The van der Waals surface area contributed by atoms with Crippen LogP contribution in [0.3, 0.4) is 0 Å². The van der Waals surface area contributed by atoms with E-state index in [1.807, 2.05) is 0 Å². The van der Waals surface area contributed by atoms with Gasteiger partial charge >= 0.3 is 0 Å². The normalized spacial score (nSPS) is 18.8. The van der Waals surface area contributed by atoms with E-state index >= 15 is 0 Å². The van der Waals surface area contributed by atoms with Gasteiger partial charge in [0.15, 0.2) is 0 Å². The summed E-state index contributed by atoms with van der Waals surface area (Å²) in [6.07, 6.45) is 6.57. The third-order valence-electron chi connectivity index (χ3n) is 4.68. The summed E-state index contributed by atoms with van der Waals surface area (Å²) in [6.45, 7) is 9.40. The van der Waals surface area contributed by atoms with Crippen molar-refractivity contribution in [2.75, 3.05) is 26.2 Å². The molecule has 1 N–H and O–H groups in total. The molecule has 0 saturated carbocycles. The minimum atomic E-state index is 0.686. The molecule has 1 aliphatic heterocycles. The molecule has 0 bridgehead atoms. The molecule has 1 fully saturated rings. The number of likely N-dealkylation sites (tertiary alicyclic amines) is 1. The van der Waals surface area contributed by atoms with Crippen molar-refractivity contribution in [2.24, 2.45) is 5.92 Å². The zero-order valence-corrected chi connectivity index (χ0v) is 13.9. The number of rotatable bonds is 8. The third kappa shape index (κ3) is 5.80.